The summed E-state index contributed by atoms with van der Waals surface area (Å²) in [6.07, 6.45) is -8.98. The highest BCUT2D eigenvalue weighted by molar-refractivity contribution is 7.37. The Morgan fingerprint density at radius 3 is 1.31 bits per heavy atom. The molecule has 162 valence electrons. The summed E-state index contributed by atoms with van der Waals surface area (Å²) in [4.78, 5) is 0. The summed E-state index contributed by atoms with van der Waals surface area (Å²) < 4.78 is 79.4. The highest BCUT2D eigenvalue weighted by Gasteiger charge is 2.31. The van der Waals surface area contributed by atoms with E-state index in [0.717, 1.165) is 29.8 Å². The van der Waals surface area contributed by atoms with Gasteiger partial charge < -0.3 is 0 Å². The van der Waals surface area contributed by atoms with Gasteiger partial charge in [-0.3, -0.25) is 0 Å². The first-order valence-corrected chi connectivity index (χ1v) is 10.4. The topological polar surface area (TPSA) is 0 Å². The Balaban J connectivity index is 1.91. The van der Waals surface area contributed by atoms with E-state index in [0.29, 0.717) is 35.5 Å². The van der Waals surface area contributed by atoms with E-state index in [1.807, 2.05) is 30.3 Å². The lowest BCUT2D eigenvalue weighted by Gasteiger charge is -2.13. The van der Waals surface area contributed by atoms with Crippen molar-refractivity contribution in [1.29, 1.82) is 0 Å². The second-order valence-corrected chi connectivity index (χ2v) is 8.34. The molecule has 1 heterocycles. The maximum absolute atomic E-state index is 13.2. The molecule has 0 aliphatic rings. The largest absolute Gasteiger partial charge is 0.416 e. The molecule has 4 rings (SSSR count). The Morgan fingerprint density at radius 1 is 0.438 bits per heavy atom. The molecule has 0 N–H and O–H groups in total. The molecular formula is C25H15F6P. The number of rotatable bonds is 3. The van der Waals surface area contributed by atoms with Crippen molar-refractivity contribution < 1.29 is 26.3 Å². The van der Waals surface area contributed by atoms with E-state index in [4.69, 9.17) is 0 Å². The molecule has 0 atom stereocenters. The van der Waals surface area contributed by atoms with Crippen LogP contribution in [0.15, 0.2) is 91.0 Å². The van der Waals surface area contributed by atoms with Gasteiger partial charge in [-0.1, -0.05) is 62.8 Å². The smallest absolute Gasteiger partial charge is 0.166 e. The minimum atomic E-state index is -4.49. The molecule has 0 nitrogen and oxygen atoms in total. The predicted molar refractivity (Wildman–Crippen MR) is 115 cm³/mol. The van der Waals surface area contributed by atoms with Crippen LogP contribution in [0, 0.1) is 0 Å². The summed E-state index contributed by atoms with van der Waals surface area (Å²) in [5.41, 5.74) is 0.714. The monoisotopic (exact) mass is 460 g/mol. The van der Waals surface area contributed by atoms with Crippen molar-refractivity contribution in [3.8, 4) is 32.8 Å². The fraction of sp³-hybridized carbons (Fsp3) is 0.0800. The summed E-state index contributed by atoms with van der Waals surface area (Å²) in [5, 5.41) is 1.15. The number of halogens is 6. The van der Waals surface area contributed by atoms with Gasteiger partial charge in [0.05, 0.1) is 11.1 Å². The molecule has 1 aromatic heterocycles. The first kappa shape index (κ1) is 22.1. The second-order valence-electron chi connectivity index (χ2n) is 7.15. The molecule has 4 aromatic rings. The van der Waals surface area contributed by atoms with Gasteiger partial charge in [-0.15, -0.1) is 0 Å². The summed E-state index contributed by atoms with van der Waals surface area (Å²) in [5.74, 6) is 0. The Labute approximate surface area is 182 Å². The van der Waals surface area contributed by atoms with Crippen LogP contribution < -0.4 is 0 Å². The fourth-order valence-corrected chi connectivity index (χ4v) is 4.54. The quantitative estimate of drug-likeness (QED) is 0.267. The summed E-state index contributed by atoms with van der Waals surface area (Å²) in [6.45, 7) is 0. The van der Waals surface area contributed by atoms with Crippen LogP contribution in [-0.4, -0.2) is 0 Å². The van der Waals surface area contributed by atoms with Crippen LogP contribution in [0.4, 0.5) is 26.3 Å². The van der Waals surface area contributed by atoms with Crippen molar-refractivity contribution >= 4 is 8.19 Å². The van der Waals surface area contributed by atoms with E-state index in [1.165, 1.54) is 12.1 Å². The molecule has 0 spiro atoms. The molecule has 0 bridgehead atoms. The molecule has 0 unspecified atom stereocenters. The third kappa shape index (κ3) is 4.86. The van der Waals surface area contributed by atoms with Crippen LogP contribution in [0.3, 0.4) is 0 Å². The molecule has 32 heavy (non-hydrogen) atoms. The van der Waals surface area contributed by atoms with Gasteiger partial charge in [-0.2, -0.15) is 26.3 Å². The molecule has 0 fully saturated rings. The van der Waals surface area contributed by atoms with Crippen molar-refractivity contribution in [1.82, 2.24) is 0 Å². The second kappa shape index (κ2) is 8.44. The summed E-state index contributed by atoms with van der Waals surface area (Å²) in [7, 11) is 0.519. The molecule has 3 aromatic carbocycles. The van der Waals surface area contributed by atoms with Gasteiger partial charge in [0.15, 0.2) is 0 Å². The van der Waals surface area contributed by atoms with Crippen LogP contribution in [-0.2, 0) is 12.4 Å². The van der Waals surface area contributed by atoms with Crippen LogP contribution in [0.25, 0.3) is 32.8 Å². The SMILES string of the molecule is FC(F)(F)c1cccc(-c2cc(-c3ccccc3)cc(-c3cccc(C(F)(F)F)c3)p2)c1. The van der Waals surface area contributed by atoms with Crippen LogP contribution in [0.2, 0.25) is 0 Å². The zero-order valence-electron chi connectivity index (χ0n) is 16.4. The lowest BCUT2D eigenvalue weighted by Crippen LogP contribution is -2.04. The van der Waals surface area contributed by atoms with Crippen molar-refractivity contribution in [2.24, 2.45) is 0 Å². The van der Waals surface area contributed by atoms with Gasteiger partial charge >= 0.3 is 12.4 Å². The van der Waals surface area contributed by atoms with Crippen molar-refractivity contribution in [2.45, 2.75) is 12.4 Å². The maximum Gasteiger partial charge on any atom is 0.416 e. The van der Waals surface area contributed by atoms with Crippen LogP contribution in [0.1, 0.15) is 11.1 Å². The highest BCUT2D eigenvalue weighted by Crippen LogP contribution is 2.43. The predicted octanol–water partition coefficient (Wildman–Crippen LogP) is 9.31. The first-order chi connectivity index (χ1) is 15.1. The molecular weight excluding hydrogens is 445 g/mol. The van der Waals surface area contributed by atoms with E-state index >= 15 is 0 Å². The van der Waals surface area contributed by atoms with Gasteiger partial charge in [-0.25, -0.2) is 0 Å². The average Bonchev–Trinajstić information content (AvgIpc) is 2.78. The molecule has 0 aliphatic carbocycles. The molecule has 0 saturated carbocycles. The van der Waals surface area contributed by atoms with Gasteiger partial charge in [0.2, 0.25) is 0 Å². The third-order valence-corrected chi connectivity index (χ3v) is 6.16. The minimum absolute atomic E-state index is 0.368. The van der Waals surface area contributed by atoms with Crippen molar-refractivity contribution in [2.75, 3.05) is 0 Å². The van der Waals surface area contributed by atoms with E-state index in [-0.39, 0.29) is 0 Å². The zero-order valence-corrected chi connectivity index (χ0v) is 17.3. The lowest BCUT2D eigenvalue weighted by molar-refractivity contribution is -0.138. The van der Waals surface area contributed by atoms with Gasteiger partial charge in [-0.05, 0) is 58.7 Å². The Kier molecular flexibility index (Phi) is 5.83. The number of benzene rings is 3. The molecule has 0 saturated heterocycles. The van der Waals surface area contributed by atoms with Crippen LogP contribution in [0.5, 0.6) is 0 Å². The third-order valence-electron chi connectivity index (χ3n) is 4.90. The molecule has 0 radical (unpaired) electrons. The zero-order chi connectivity index (χ0) is 22.9. The van der Waals surface area contributed by atoms with E-state index in [1.54, 1.807) is 24.3 Å². The number of hydrogen-bond donors (Lipinski definition) is 0. The fourth-order valence-electron chi connectivity index (χ4n) is 3.33. The molecule has 0 amide bonds. The highest BCUT2D eigenvalue weighted by atomic mass is 31.0. The summed E-state index contributed by atoms with van der Waals surface area (Å²) in [6, 6.07) is 22.7. The number of alkyl halides is 6. The van der Waals surface area contributed by atoms with E-state index in [9.17, 15) is 26.3 Å². The van der Waals surface area contributed by atoms with Crippen molar-refractivity contribution in [3.63, 3.8) is 0 Å². The lowest BCUT2D eigenvalue weighted by atomic mass is 10.0. The number of hydrogen-bond acceptors (Lipinski definition) is 0. The summed E-state index contributed by atoms with van der Waals surface area (Å²) >= 11 is 0. The van der Waals surface area contributed by atoms with Gasteiger partial charge in [0.1, 0.15) is 0 Å². The van der Waals surface area contributed by atoms with Gasteiger partial charge in [0.25, 0.3) is 0 Å². The minimum Gasteiger partial charge on any atom is -0.166 e. The van der Waals surface area contributed by atoms with Crippen molar-refractivity contribution in [3.05, 3.63) is 102 Å². The normalized spacial score (nSPS) is 12.1. The average molecular weight is 460 g/mol. The Hall–Kier alpha value is -3.11. The Morgan fingerprint density at radius 2 is 0.875 bits per heavy atom. The standard InChI is InChI=1S/C25H15F6P/c26-24(27,28)20-10-4-8-17(12-20)22-14-19(16-6-2-1-3-7-16)15-23(32-22)18-9-5-11-21(13-18)25(29,30)31/h1-15H. The molecule has 7 heteroatoms. The van der Waals surface area contributed by atoms with Crippen LogP contribution >= 0.6 is 8.19 Å². The van der Waals surface area contributed by atoms with E-state index < -0.39 is 23.5 Å². The molecule has 0 aliphatic heterocycles. The first-order valence-electron chi connectivity index (χ1n) is 9.54. The van der Waals surface area contributed by atoms with E-state index in [2.05, 4.69) is 0 Å². The maximum atomic E-state index is 13.2. The van der Waals surface area contributed by atoms with Gasteiger partial charge in [0, 0.05) is 10.6 Å². The Bertz CT molecular complexity index is 1170.